The van der Waals surface area contributed by atoms with E-state index >= 15 is 0 Å². The van der Waals surface area contributed by atoms with Crippen molar-refractivity contribution in [1.29, 1.82) is 0 Å². The molecule has 4 nitrogen and oxygen atoms in total. The highest BCUT2D eigenvalue weighted by molar-refractivity contribution is 6.03. The third-order valence-electron chi connectivity index (χ3n) is 4.13. The first kappa shape index (κ1) is 18.9. The van der Waals surface area contributed by atoms with Crippen LogP contribution in [0.5, 0.6) is 0 Å². The van der Waals surface area contributed by atoms with Crippen LogP contribution in [-0.2, 0) is 0 Å². The number of rotatable bonds is 2. The van der Waals surface area contributed by atoms with Crippen molar-refractivity contribution in [3.05, 3.63) is 0 Å². The summed E-state index contributed by atoms with van der Waals surface area (Å²) in [7, 11) is 0. The Labute approximate surface area is 136 Å². The third-order valence-corrected chi connectivity index (χ3v) is 4.13. The summed E-state index contributed by atoms with van der Waals surface area (Å²) < 4.78 is 0. The second kappa shape index (κ2) is 9.06. The Kier molecular flexibility index (Phi) is 7.77. The zero-order valence-corrected chi connectivity index (χ0v) is 14.1. The summed E-state index contributed by atoms with van der Waals surface area (Å²) >= 11 is 0. The van der Waals surface area contributed by atoms with Crippen LogP contribution in [0.4, 0.5) is 0 Å². The smallest absolute Gasteiger partial charge is 0.107 e. The van der Waals surface area contributed by atoms with Gasteiger partial charge in [0, 0.05) is 37.7 Å². The molecule has 4 heteroatoms. The van der Waals surface area contributed by atoms with E-state index in [1.54, 1.807) is 0 Å². The van der Waals surface area contributed by atoms with Crippen molar-refractivity contribution in [3.8, 4) is 0 Å². The zero-order chi connectivity index (χ0) is 15.2. The maximum absolute atomic E-state index is 4.52. The lowest BCUT2D eigenvalue weighted by molar-refractivity contribution is 0.617. The average molecular weight is 306 g/mol. The van der Waals surface area contributed by atoms with Gasteiger partial charge in [0.15, 0.2) is 0 Å². The molecular weight excluding hydrogens is 272 g/mol. The highest BCUT2D eigenvalue weighted by atomic mass is 15.3. The van der Waals surface area contributed by atoms with Crippen molar-refractivity contribution in [2.75, 3.05) is 26.2 Å². The lowest BCUT2D eigenvalue weighted by Gasteiger charge is -2.22. The molecule has 0 fully saturated rings. The largest absolute Gasteiger partial charge is 0.317 e. The number of aliphatic imine (C=N–C) groups is 3. The van der Waals surface area contributed by atoms with Crippen LogP contribution in [0.15, 0.2) is 15.0 Å². The summed E-state index contributed by atoms with van der Waals surface area (Å²) in [6, 6.07) is 0. The Morgan fingerprint density at radius 1 is 0.818 bits per heavy atom. The van der Waals surface area contributed by atoms with Crippen LogP contribution >= 0.6 is 0 Å². The van der Waals surface area contributed by atoms with E-state index < -0.39 is 0 Å². The van der Waals surface area contributed by atoms with Gasteiger partial charge in [0.2, 0.25) is 0 Å². The first-order valence-corrected chi connectivity index (χ1v) is 8.48. The standard InChI is InChI=1S/C10H17N3.C7H13N.CH4/c1-8(2)10-12-6-7-13(10)9-4-3-5-11-9;1-6(2)7-4-3-5-8-7;/h8H,3-7H2,1-2H3;6H,3-5H2,1-2H3;1H4. The maximum Gasteiger partial charge on any atom is 0.107 e. The molecular formula is C18H34N4. The quantitative estimate of drug-likeness (QED) is 0.758. The van der Waals surface area contributed by atoms with Crippen LogP contribution in [0.3, 0.4) is 0 Å². The van der Waals surface area contributed by atoms with E-state index in [1.807, 2.05) is 0 Å². The van der Waals surface area contributed by atoms with Crippen molar-refractivity contribution < 1.29 is 0 Å². The molecule has 0 aromatic carbocycles. The molecule has 0 aliphatic carbocycles. The lowest BCUT2D eigenvalue weighted by atomic mass is 10.1. The summed E-state index contributed by atoms with van der Waals surface area (Å²) in [5.41, 5.74) is 1.42. The molecule has 0 radical (unpaired) electrons. The van der Waals surface area contributed by atoms with Crippen LogP contribution in [0.1, 0.15) is 60.8 Å². The first-order chi connectivity index (χ1) is 10.1. The molecule has 126 valence electrons. The summed E-state index contributed by atoms with van der Waals surface area (Å²) in [4.78, 5) is 15.7. The predicted molar refractivity (Wildman–Crippen MR) is 98.5 cm³/mol. The molecule has 0 amide bonds. The van der Waals surface area contributed by atoms with Crippen molar-refractivity contribution in [1.82, 2.24) is 4.90 Å². The number of amidine groups is 2. The van der Waals surface area contributed by atoms with Crippen LogP contribution < -0.4 is 0 Å². The second-order valence-electron chi connectivity index (χ2n) is 6.58. The summed E-state index contributed by atoms with van der Waals surface area (Å²) in [5.74, 6) is 3.73. The highest BCUT2D eigenvalue weighted by Crippen LogP contribution is 2.16. The Balaban J connectivity index is 0.000000234. The van der Waals surface area contributed by atoms with E-state index in [1.165, 1.54) is 36.6 Å². The van der Waals surface area contributed by atoms with Crippen molar-refractivity contribution in [2.45, 2.75) is 60.8 Å². The van der Waals surface area contributed by atoms with Crippen molar-refractivity contribution in [2.24, 2.45) is 26.8 Å². The molecule has 3 rings (SSSR count). The normalized spacial score (nSPS) is 20.5. The molecule has 0 aromatic heterocycles. The fraction of sp³-hybridized carbons (Fsp3) is 0.833. The molecule has 22 heavy (non-hydrogen) atoms. The Morgan fingerprint density at radius 2 is 1.50 bits per heavy atom. The minimum Gasteiger partial charge on any atom is -0.317 e. The maximum atomic E-state index is 4.52. The van der Waals surface area contributed by atoms with Gasteiger partial charge in [-0.3, -0.25) is 15.0 Å². The van der Waals surface area contributed by atoms with Crippen LogP contribution in [0, 0.1) is 11.8 Å². The molecule has 0 atom stereocenters. The van der Waals surface area contributed by atoms with Gasteiger partial charge in [0.1, 0.15) is 11.7 Å². The van der Waals surface area contributed by atoms with Crippen molar-refractivity contribution >= 4 is 17.4 Å². The van der Waals surface area contributed by atoms with Crippen LogP contribution in [0.2, 0.25) is 0 Å². The van der Waals surface area contributed by atoms with Gasteiger partial charge < -0.3 is 4.90 Å². The van der Waals surface area contributed by atoms with Gasteiger partial charge in [-0.2, -0.15) is 0 Å². The molecule has 0 unspecified atom stereocenters. The molecule has 0 bridgehead atoms. The SMILES string of the molecule is C.CC(C)C1=NCCC1.CC(C)C1=NCCN1C1=NCCC1. The van der Waals surface area contributed by atoms with E-state index in [2.05, 4.69) is 47.6 Å². The third kappa shape index (κ3) is 4.92. The molecule has 0 N–H and O–H groups in total. The molecule has 3 aliphatic rings. The van der Waals surface area contributed by atoms with Crippen molar-refractivity contribution in [3.63, 3.8) is 0 Å². The second-order valence-corrected chi connectivity index (χ2v) is 6.58. The first-order valence-electron chi connectivity index (χ1n) is 8.48. The van der Waals surface area contributed by atoms with Gasteiger partial charge in [0.05, 0.1) is 6.54 Å². The zero-order valence-electron chi connectivity index (χ0n) is 14.1. The van der Waals surface area contributed by atoms with E-state index in [4.69, 9.17) is 0 Å². The van der Waals surface area contributed by atoms with Crippen LogP contribution in [-0.4, -0.2) is 48.5 Å². The molecule has 0 aromatic rings. The van der Waals surface area contributed by atoms with E-state index in [0.717, 1.165) is 32.6 Å². The van der Waals surface area contributed by atoms with Gasteiger partial charge in [-0.25, -0.2) is 0 Å². The number of nitrogens with zero attached hydrogens (tertiary/aromatic N) is 4. The topological polar surface area (TPSA) is 40.3 Å². The molecule has 3 heterocycles. The molecule has 3 aliphatic heterocycles. The Morgan fingerprint density at radius 3 is 1.95 bits per heavy atom. The number of hydrogen-bond donors (Lipinski definition) is 0. The molecule has 0 spiro atoms. The van der Waals surface area contributed by atoms with E-state index in [9.17, 15) is 0 Å². The molecule has 0 saturated carbocycles. The van der Waals surface area contributed by atoms with E-state index in [0.29, 0.717) is 11.8 Å². The monoisotopic (exact) mass is 306 g/mol. The number of hydrogen-bond acceptors (Lipinski definition) is 4. The summed E-state index contributed by atoms with van der Waals surface area (Å²) in [6.07, 6.45) is 4.90. The Bertz CT molecular complexity index is 432. The highest BCUT2D eigenvalue weighted by Gasteiger charge is 2.24. The van der Waals surface area contributed by atoms with Gasteiger partial charge in [-0.15, -0.1) is 0 Å². The predicted octanol–water partition coefficient (Wildman–Crippen LogP) is 4.06. The van der Waals surface area contributed by atoms with Gasteiger partial charge in [-0.1, -0.05) is 35.1 Å². The average Bonchev–Trinajstić information content (AvgIpc) is 3.20. The summed E-state index contributed by atoms with van der Waals surface area (Å²) in [6.45, 7) is 12.9. The Hall–Kier alpha value is -1.19. The lowest BCUT2D eigenvalue weighted by Crippen LogP contribution is -2.35. The minimum absolute atomic E-state index is 0. The fourth-order valence-corrected chi connectivity index (χ4v) is 3.00. The fourth-order valence-electron chi connectivity index (χ4n) is 3.00. The van der Waals surface area contributed by atoms with E-state index in [-0.39, 0.29) is 7.43 Å². The summed E-state index contributed by atoms with van der Waals surface area (Å²) in [5, 5.41) is 0. The van der Waals surface area contributed by atoms with Gasteiger partial charge in [0.25, 0.3) is 0 Å². The minimum atomic E-state index is 0. The van der Waals surface area contributed by atoms with Gasteiger partial charge >= 0.3 is 0 Å². The van der Waals surface area contributed by atoms with Gasteiger partial charge in [-0.05, 0) is 25.2 Å². The molecule has 0 saturated heterocycles. The van der Waals surface area contributed by atoms with Crippen LogP contribution in [0.25, 0.3) is 0 Å².